The fourth-order valence-electron chi connectivity index (χ4n) is 5.74. The molecule has 0 saturated heterocycles. The van der Waals surface area contributed by atoms with Crippen LogP contribution in [0.1, 0.15) is 43.2 Å². The first kappa shape index (κ1) is 34.1. The van der Waals surface area contributed by atoms with Crippen molar-refractivity contribution in [2.45, 2.75) is 62.0 Å². The summed E-state index contributed by atoms with van der Waals surface area (Å²) in [7, 11) is -4.12. The molecular weight excluding hydrogens is 777 g/mol. The van der Waals surface area contributed by atoms with E-state index in [0.717, 1.165) is 55.6 Å². The van der Waals surface area contributed by atoms with Gasteiger partial charge in [-0.25, -0.2) is 8.42 Å². The van der Waals surface area contributed by atoms with E-state index < -0.39 is 28.5 Å². The van der Waals surface area contributed by atoms with Crippen molar-refractivity contribution in [2.24, 2.45) is 0 Å². The monoisotopic (exact) mass is 813 g/mol. The van der Waals surface area contributed by atoms with Crippen LogP contribution in [-0.4, -0.2) is 43.8 Å². The zero-order valence-corrected chi connectivity index (χ0v) is 30.0. The Morgan fingerprint density at radius 1 is 0.804 bits per heavy atom. The molecule has 0 aromatic heterocycles. The Balaban J connectivity index is 1.55. The van der Waals surface area contributed by atoms with E-state index in [1.54, 1.807) is 35.2 Å². The quantitative estimate of drug-likeness (QED) is 0.152. The lowest BCUT2D eigenvalue weighted by molar-refractivity contribution is -0.140. The number of benzene rings is 4. The summed E-state index contributed by atoms with van der Waals surface area (Å²) in [6, 6.07) is 31.5. The minimum absolute atomic E-state index is 0.0471. The molecule has 1 atom stereocenters. The molecule has 1 aliphatic carbocycles. The molecule has 0 bridgehead atoms. The van der Waals surface area contributed by atoms with Crippen LogP contribution in [0.3, 0.4) is 0 Å². The lowest BCUT2D eigenvalue weighted by atomic mass is 9.94. The van der Waals surface area contributed by atoms with Crippen LogP contribution in [0.5, 0.6) is 0 Å². The van der Waals surface area contributed by atoms with E-state index in [4.69, 9.17) is 0 Å². The standard InChI is InChI=1S/C36H37BrIN3O4S/c37-29-18-16-28(17-19-29)25-40(34(24-27-10-4-1-5-11-27)36(43)39-31-12-6-2-7-13-31)35(42)26-41(32-22-20-30(38)21-23-32)46(44,45)33-14-8-3-9-15-33/h1,3-5,8-11,14-23,31,34H,2,6-7,12-13,24-26H2,(H,39,43)/t34-/m1/s1. The molecule has 1 fully saturated rings. The van der Waals surface area contributed by atoms with Gasteiger partial charge in [0.25, 0.3) is 10.0 Å². The van der Waals surface area contributed by atoms with E-state index in [1.165, 1.54) is 12.1 Å². The molecule has 240 valence electrons. The minimum atomic E-state index is -4.12. The van der Waals surface area contributed by atoms with E-state index in [9.17, 15) is 18.0 Å². The van der Waals surface area contributed by atoms with Gasteiger partial charge in [-0.05, 0) is 95.1 Å². The molecule has 0 spiro atoms. The number of hydrogen-bond donors (Lipinski definition) is 1. The Labute approximate surface area is 293 Å². The van der Waals surface area contributed by atoms with E-state index in [1.807, 2.05) is 66.7 Å². The van der Waals surface area contributed by atoms with Crippen molar-refractivity contribution in [3.63, 3.8) is 0 Å². The number of hydrogen-bond acceptors (Lipinski definition) is 4. The second kappa shape index (κ2) is 16.1. The summed E-state index contributed by atoms with van der Waals surface area (Å²) in [4.78, 5) is 30.4. The normalized spacial score (nSPS) is 14.3. The number of sulfonamides is 1. The van der Waals surface area contributed by atoms with Gasteiger partial charge in [-0.15, -0.1) is 0 Å². The van der Waals surface area contributed by atoms with Crippen LogP contribution in [0.2, 0.25) is 0 Å². The number of anilines is 1. The van der Waals surface area contributed by atoms with Gasteiger partial charge in [0.15, 0.2) is 0 Å². The molecule has 2 amide bonds. The zero-order chi connectivity index (χ0) is 32.5. The van der Waals surface area contributed by atoms with E-state index in [0.29, 0.717) is 5.69 Å². The molecule has 0 unspecified atom stereocenters. The fourth-order valence-corrected chi connectivity index (χ4v) is 7.80. The van der Waals surface area contributed by atoms with Crippen LogP contribution in [0.4, 0.5) is 5.69 Å². The van der Waals surface area contributed by atoms with Gasteiger partial charge < -0.3 is 10.2 Å². The summed E-state index contributed by atoms with van der Waals surface area (Å²) in [5, 5.41) is 3.24. The van der Waals surface area contributed by atoms with Crippen LogP contribution < -0.4 is 9.62 Å². The molecule has 5 rings (SSSR count). The van der Waals surface area contributed by atoms with Gasteiger partial charge in [0.2, 0.25) is 11.8 Å². The van der Waals surface area contributed by atoms with Crippen LogP contribution in [0, 0.1) is 3.57 Å². The number of nitrogens with one attached hydrogen (secondary N) is 1. The Hall–Kier alpha value is -3.22. The van der Waals surface area contributed by atoms with Crippen LogP contribution >= 0.6 is 38.5 Å². The summed E-state index contributed by atoms with van der Waals surface area (Å²) in [6.45, 7) is -0.343. The maximum Gasteiger partial charge on any atom is 0.264 e. The summed E-state index contributed by atoms with van der Waals surface area (Å²) >= 11 is 5.64. The highest BCUT2D eigenvalue weighted by molar-refractivity contribution is 14.1. The van der Waals surface area contributed by atoms with Crippen LogP contribution in [0.25, 0.3) is 0 Å². The van der Waals surface area contributed by atoms with Crippen molar-refractivity contribution in [2.75, 3.05) is 10.8 Å². The van der Waals surface area contributed by atoms with E-state index in [2.05, 4.69) is 43.8 Å². The molecule has 0 radical (unpaired) electrons. The van der Waals surface area contributed by atoms with Crippen molar-refractivity contribution in [3.8, 4) is 0 Å². The number of carbonyl (C=O) groups is 2. The Morgan fingerprint density at radius 3 is 2.04 bits per heavy atom. The second-order valence-electron chi connectivity index (χ2n) is 11.5. The lowest BCUT2D eigenvalue weighted by Gasteiger charge is -2.35. The minimum Gasteiger partial charge on any atom is -0.352 e. The second-order valence-corrected chi connectivity index (χ2v) is 15.5. The van der Waals surface area contributed by atoms with Gasteiger partial charge in [0.1, 0.15) is 12.6 Å². The number of rotatable bonds is 12. The summed E-state index contributed by atoms with van der Waals surface area (Å²) in [5.41, 5.74) is 2.10. The van der Waals surface area contributed by atoms with E-state index in [-0.39, 0.29) is 29.8 Å². The first-order valence-electron chi connectivity index (χ1n) is 15.4. The number of carbonyl (C=O) groups excluding carboxylic acids is 2. The van der Waals surface area contributed by atoms with Gasteiger partial charge in [0, 0.05) is 27.1 Å². The highest BCUT2D eigenvalue weighted by atomic mass is 127. The van der Waals surface area contributed by atoms with Gasteiger partial charge in [-0.3, -0.25) is 13.9 Å². The number of amides is 2. The van der Waals surface area contributed by atoms with Crippen molar-refractivity contribution < 1.29 is 18.0 Å². The lowest BCUT2D eigenvalue weighted by Crippen LogP contribution is -2.55. The number of nitrogens with zero attached hydrogens (tertiary/aromatic N) is 2. The molecule has 1 saturated carbocycles. The predicted octanol–water partition coefficient (Wildman–Crippen LogP) is 7.34. The van der Waals surface area contributed by atoms with Gasteiger partial charge in [-0.2, -0.15) is 0 Å². The Morgan fingerprint density at radius 2 is 1.41 bits per heavy atom. The third kappa shape index (κ3) is 8.98. The molecule has 0 heterocycles. The average molecular weight is 815 g/mol. The van der Waals surface area contributed by atoms with Crippen molar-refractivity contribution >= 4 is 66.0 Å². The maximum atomic E-state index is 14.6. The third-order valence-corrected chi connectivity index (χ3v) is 11.2. The zero-order valence-electron chi connectivity index (χ0n) is 25.4. The molecule has 10 heteroatoms. The number of halogens is 2. The maximum absolute atomic E-state index is 14.6. The molecule has 4 aromatic carbocycles. The third-order valence-electron chi connectivity index (χ3n) is 8.21. The molecule has 4 aromatic rings. The highest BCUT2D eigenvalue weighted by Gasteiger charge is 2.35. The van der Waals surface area contributed by atoms with Crippen molar-refractivity contribution in [1.82, 2.24) is 10.2 Å². The molecule has 46 heavy (non-hydrogen) atoms. The smallest absolute Gasteiger partial charge is 0.264 e. The molecular formula is C36H37BrIN3O4S. The largest absolute Gasteiger partial charge is 0.352 e. The molecule has 1 aliphatic rings. The topological polar surface area (TPSA) is 86.8 Å². The highest BCUT2D eigenvalue weighted by Crippen LogP contribution is 2.26. The van der Waals surface area contributed by atoms with Crippen LogP contribution in [-0.2, 0) is 32.6 Å². The van der Waals surface area contributed by atoms with Crippen molar-refractivity contribution in [3.05, 3.63) is 128 Å². The summed E-state index contributed by atoms with van der Waals surface area (Å²) in [5.74, 6) is -0.700. The Bertz CT molecular complexity index is 1700. The molecule has 7 nitrogen and oxygen atoms in total. The van der Waals surface area contributed by atoms with E-state index >= 15 is 0 Å². The molecule has 0 aliphatic heterocycles. The average Bonchev–Trinajstić information content (AvgIpc) is 3.07. The summed E-state index contributed by atoms with van der Waals surface area (Å²) in [6.07, 6.45) is 5.35. The SMILES string of the molecule is O=C(NC1CCCCC1)[C@@H](Cc1ccccc1)N(Cc1ccc(Br)cc1)C(=O)CN(c1ccc(I)cc1)S(=O)(=O)c1ccccc1. The molecule has 1 N–H and O–H groups in total. The van der Waals surface area contributed by atoms with Gasteiger partial charge in [0.05, 0.1) is 10.6 Å². The van der Waals surface area contributed by atoms with Gasteiger partial charge in [-0.1, -0.05) is 95.9 Å². The fraction of sp³-hybridized carbons (Fsp3) is 0.278. The predicted molar refractivity (Wildman–Crippen MR) is 194 cm³/mol. The van der Waals surface area contributed by atoms with Crippen molar-refractivity contribution in [1.29, 1.82) is 0 Å². The van der Waals surface area contributed by atoms with Crippen LogP contribution in [0.15, 0.2) is 119 Å². The Kier molecular flexibility index (Phi) is 11.9. The van der Waals surface area contributed by atoms with Gasteiger partial charge >= 0.3 is 0 Å². The first-order valence-corrected chi connectivity index (χ1v) is 18.7. The first-order chi connectivity index (χ1) is 22.2. The summed E-state index contributed by atoms with van der Waals surface area (Å²) < 4.78 is 31.2.